The maximum atomic E-state index is 13.0. The number of hydrogen-bond acceptors (Lipinski definition) is 2. The number of fused-ring (bicyclic) bond motifs is 4. The van der Waals surface area contributed by atoms with Crippen molar-refractivity contribution in [2.24, 2.45) is 35.5 Å². The van der Waals surface area contributed by atoms with Crippen molar-refractivity contribution in [3.05, 3.63) is 0 Å². The van der Waals surface area contributed by atoms with E-state index in [1.165, 1.54) is 38.5 Å². The molecular weight excluding hydrogens is 312 g/mol. The van der Waals surface area contributed by atoms with E-state index < -0.39 is 0 Å². The zero-order valence-electron chi connectivity index (χ0n) is 15.4. The van der Waals surface area contributed by atoms with Crippen LogP contribution < -0.4 is 0 Å². The maximum absolute atomic E-state index is 13.0. The fourth-order valence-corrected chi connectivity index (χ4v) is 6.92. The first-order valence-electron chi connectivity index (χ1n) is 10.8. The van der Waals surface area contributed by atoms with E-state index in [0.717, 1.165) is 57.3 Å². The van der Waals surface area contributed by atoms with E-state index >= 15 is 0 Å². The quantitative estimate of drug-likeness (QED) is 0.773. The predicted molar refractivity (Wildman–Crippen MR) is 95.7 cm³/mol. The van der Waals surface area contributed by atoms with E-state index in [0.29, 0.717) is 35.5 Å². The third-order valence-electron chi connectivity index (χ3n) is 8.23. The van der Waals surface area contributed by atoms with Crippen molar-refractivity contribution in [1.82, 2.24) is 9.80 Å². The number of carbonyl (C=O) groups is 2. The zero-order chi connectivity index (χ0) is 17.0. The van der Waals surface area contributed by atoms with Gasteiger partial charge in [-0.05, 0) is 68.6 Å². The van der Waals surface area contributed by atoms with Gasteiger partial charge in [-0.2, -0.15) is 0 Å². The Morgan fingerprint density at radius 1 is 0.600 bits per heavy atom. The second-order valence-electron chi connectivity index (χ2n) is 9.57. The Kier molecular flexibility index (Phi) is 4.05. The molecule has 0 aromatic rings. The Balaban J connectivity index is 1.19. The molecule has 4 saturated carbocycles. The lowest BCUT2D eigenvalue weighted by Crippen LogP contribution is -2.43. The molecule has 4 bridgehead atoms. The summed E-state index contributed by atoms with van der Waals surface area (Å²) in [5.41, 5.74) is 0. The molecule has 138 valence electrons. The van der Waals surface area contributed by atoms with E-state index in [2.05, 4.69) is 9.80 Å². The lowest BCUT2D eigenvalue weighted by atomic mass is 9.87. The van der Waals surface area contributed by atoms with Crippen LogP contribution in [0.2, 0.25) is 0 Å². The summed E-state index contributed by atoms with van der Waals surface area (Å²) in [5.74, 6) is 4.37. The van der Waals surface area contributed by atoms with Gasteiger partial charge in [-0.25, -0.2) is 0 Å². The molecule has 5 aliphatic rings. The summed E-state index contributed by atoms with van der Waals surface area (Å²) in [4.78, 5) is 30.2. The van der Waals surface area contributed by atoms with E-state index in [1.54, 1.807) is 0 Å². The molecule has 1 heterocycles. The van der Waals surface area contributed by atoms with E-state index in [1.807, 2.05) is 0 Å². The molecule has 4 heteroatoms. The van der Waals surface area contributed by atoms with Gasteiger partial charge in [0.05, 0.1) is 0 Å². The van der Waals surface area contributed by atoms with Crippen LogP contribution in [-0.2, 0) is 9.59 Å². The second-order valence-corrected chi connectivity index (χ2v) is 9.57. The Morgan fingerprint density at radius 3 is 1.44 bits per heavy atom. The summed E-state index contributed by atoms with van der Waals surface area (Å²) in [6.45, 7) is 3.24. The van der Waals surface area contributed by atoms with E-state index in [4.69, 9.17) is 0 Å². The minimum absolute atomic E-state index is 0.298. The zero-order valence-corrected chi connectivity index (χ0v) is 15.4. The van der Waals surface area contributed by atoms with Gasteiger partial charge in [-0.15, -0.1) is 0 Å². The van der Waals surface area contributed by atoms with Crippen molar-refractivity contribution in [3.8, 4) is 0 Å². The first-order chi connectivity index (χ1) is 12.2. The van der Waals surface area contributed by atoms with Crippen LogP contribution in [-0.4, -0.2) is 47.8 Å². The van der Waals surface area contributed by atoms with E-state index in [-0.39, 0.29) is 0 Å². The molecule has 2 amide bonds. The monoisotopic (exact) mass is 344 g/mol. The number of hydrogen-bond donors (Lipinski definition) is 0. The molecule has 1 aliphatic heterocycles. The van der Waals surface area contributed by atoms with Gasteiger partial charge in [0, 0.05) is 38.0 Å². The lowest BCUT2D eigenvalue weighted by Gasteiger charge is -2.30. The van der Waals surface area contributed by atoms with Gasteiger partial charge >= 0.3 is 0 Å². The van der Waals surface area contributed by atoms with Gasteiger partial charge in [0.25, 0.3) is 0 Å². The van der Waals surface area contributed by atoms with Crippen molar-refractivity contribution in [2.75, 3.05) is 26.2 Å². The smallest absolute Gasteiger partial charge is 0.226 e. The molecule has 4 aliphatic carbocycles. The van der Waals surface area contributed by atoms with Gasteiger partial charge in [0.1, 0.15) is 0 Å². The minimum atomic E-state index is 0.298. The number of rotatable bonds is 2. The van der Waals surface area contributed by atoms with Gasteiger partial charge in [-0.3, -0.25) is 9.59 Å². The molecule has 0 spiro atoms. The predicted octanol–water partition coefficient (Wildman–Crippen LogP) is 2.92. The Morgan fingerprint density at radius 2 is 1.08 bits per heavy atom. The normalized spacial score (nSPS) is 42.9. The highest BCUT2D eigenvalue weighted by Gasteiger charge is 2.46. The number of amides is 2. The topological polar surface area (TPSA) is 40.6 Å². The van der Waals surface area contributed by atoms with Crippen LogP contribution in [0.4, 0.5) is 0 Å². The largest absolute Gasteiger partial charge is 0.341 e. The SMILES string of the molecule is O=C([C@@H]1C[C@@H]2CC[C@@H]1C2)N1CCCN(C(=O)[C@@H]2C[C@H]3CC[C@@H]2C3)CC1. The number of nitrogens with zero attached hydrogens (tertiary/aromatic N) is 2. The molecule has 6 atom stereocenters. The van der Waals surface area contributed by atoms with Crippen LogP contribution >= 0.6 is 0 Å². The third kappa shape index (κ3) is 2.80. The Bertz CT molecular complexity index is 514. The third-order valence-corrected chi connectivity index (χ3v) is 8.23. The lowest BCUT2D eigenvalue weighted by molar-refractivity contribution is -0.139. The first kappa shape index (κ1) is 16.1. The summed E-state index contributed by atoms with van der Waals surface area (Å²) in [6, 6.07) is 0. The highest BCUT2D eigenvalue weighted by Crippen LogP contribution is 2.50. The molecule has 5 rings (SSSR count). The highest BCUT2D eigenvalue weighted by molar-refractivity contribution is 5.81. The second kappa shape index (κ2) is 6.28. The van der Waals surface area contributed by atoms with Crippen molar-refractivity contribution in [2.45, 2.75) is 57.8 Å². The molecule has 0 N–H and O–H groups in total. The molecule has 4 nitrogen and oxygen atoms in total. The molecule has 0 unspecified atom stereocenters. The summed E-state index contributed by atoms with van der Waals surface area (Å²) >= 11 is 0. The van der Waals surface area contributed by atoms with Crippen molar-refractivity contribution in [3.63, 3.8) is 0 Å². The Labute approximate surface area is 151 Å². The highest BCUT2D eigenvalue weighted by atomic mass is 16.2. The standard InChI is InChI=1S/C21H32N2O2/c24-20(18-12-14-2-4-16(18)10-14)22-6-1-7-23(9-8-22)21(25)19-13-15-3-5-17(19)11-15/h14-19H,1-13H2/t14-,15+,16-,17-,18-,19-/m1/s1. The van der Waals surface area contributed by atoms with Crippen LogP contribution in [0.5, 0.6) is 0 Å². The van der Waals surface area contributed by atoms with Crippen LogP contribution in [0.15, 0.2) is 0 Å². The maximum Gasteiger partial charge on any atom is 0.226 e. The average Bonchev–Trinajstić information content (AvgIpc) is 3.39. The van der Waals surface area contributed by atoms with Crippen molar-refractivity contribution in [1.29, 1.82) is 0 Å². The van der Waals surface area contributed by atoms with Gasteiger partial charge in [0.2, 0.25) is 11.8 Å². The molecule has 1 saturated heterocycles. The van der Waals surface area contributed by atoms with E-state index in [9.17, 15) is 9.59 Å². The molecular formula is C21H32N2O2. The average molecular weight is 344 g/mol. The van der Waals surface area contributed by atoms with Gasteiger partial charge in [-0.1, -0.05) is 12.8 Å². The molecule has 0 aromatic carbocycles. The Hall–Kier alpha value is -1.06. The first-order valence-corrected chi connectivity index (χ1v) is 10.8. The van der Waals surface area contributed by atoms with Crippen molar-refractivity contribution >= 4 is 11.8 Å². The number of carbonyl (C=O) groups excluding carboxylic acids is 2. The van der Waals surface area contributed by atoms with Gasteiger partial charge < -0.3 is 9.80 Å². The fourth-order valence-electron chi connectivity index (χ4n) is 6.92. The summed E-state index contributed by atoms with van der Waals surface area (Å²) in [5, 5.41) is 0. The van der Waals surface area contributed by atoms with Crippen molar-refractivity contribution < 1.29 is 9.59 Å². The molecule has 0 radical (unpaired) electrons. The van der Waals surface area contributed by atoms with Gasteiger partial charge in [0.15, 0.2) is 0 Å². The summed E-state index contributed by atoms with van der Waals surface area (Å²) < 4.78 is 0. The molecule has 0 aromatic heterocycles. The molecule has 25 heavy (non-hydrogen) atoms. The van der Waals surface area contributed by atoms with Crippen LogP contribution in [0, 0.1) is 35.5 Å². The van der Waals surface area contributed by atoms with Crippen LogP contribution in [0.25, 0.3) is 0 Å². The summed E-state index contributed by atoms with van der Waals surface area (Å²) in [6.07, 6.45) is 11.0. The fraction of sp³-hybridized carbons (Fsp3) is 0.905. The van der Waals surface area contributed by atoms with Crippen LogP contribution in [0.3, 0.4) is 0 Å². The molecule has 5 fully saturated rings. The van der Waals surface area contributed by atoms with Crippen LogP contribution in [0.1, 0.15) is 57.8 Å². The summed E-state index contributed by atoms with van der Waals surface area (Å²) in [7, 11) is 0. The minimum Gasteiger partial charge on any atom is -0.341 e.